The standard InChI is InChI=1S/C41H28N4/c1-27-25-36(28-11-5-2-6-12-28)43-40-34(27)23-21-32-22-24-35(42-39(32)40)31-17-19-33(20-18-31)41-44-37(29-13-7-3-8-14-29)26-38(45-41)30-15-9-4-10-16-30/h2-26H,1H3. The van der Waals surface area contributed by atoms with Crippen molar-refractivity contribution in [2.45, 2.75) is 6.92 Å². The van der Waals surface area contributed by atoms with E-state index in [1.165, 1.54) is 5.56 Å². The number of hydrogen-bond acceptors (Lipinski definition) is 4. The van der Waals surface area contributed by atoms with Gasteiger partial charge in [-0.3, -0.25) is 0 Å². The summed E-state index contributed by atoms with van der Waals surface area (Å²) in [5.74, 6) is 0.687. The van der Waals surface area contributed by atoms with Crippen LogP contribution in [0.3, 0.4) is 0 Å². The van der Waals surface area contributed by atoms with E-state index in [4.69, 9.17) is 19.9 Å². The van der Waals surface area contributed by atoms with E-state index in [1.807, 2.05) is 54.6 Å². The Bertz CT molecular complexity index is 2240. The van der Waals surface area contributed by atoms with Crippen LogP contribution in [0.1, 0.15) is 5.56 Å². The van der Waals surface area contributed by atoms with Crippen molar-refractivity contribution in [2.75, 3.05) is 0 Å². The van der Waals surface area contributed by atoms with Crippen molar-refractivity contribution >= 4 is 21.8 Å². The van der Waals surface area contributed by atoms with Crippen LogP contribution < -0.4 is 0 Å². The summed E-state index contributed by atoms with van der Waals surface area (Å²) in [5.41, 5.74) is 11.8. The molecular weight excluding hydrogens is 548 g/mol. The van der Waals surface area contributed by atoms with E-state index in [2.05, 4.69) is 104 Å². The number of hydrogen-bond donors (Lipinski definition) is 0. The lowest BCUT2D eigenvalue weighted by Gasteiger charge is -2.11. The van der Waals surface area contributed by atoms with Gasteiger partial charge < -0.3 is 0 Å². The third-order valence-electron chi connectivity index (χ3n) is 8.22. The maximum Gasteiger partial charge on any atom is 0.160 e. The number of fused-ring (bicyclic) bond motifs is 3. The largest absolute Gasteiger partial charge is 0.245 e. The van der Waals surface area contributed by atoms with Crippen molar-refractivity contribution in [1.82, 2.24) is 19.9 Å². The number of benzene rings is 5. The van der Waals surface area contributed by atoms with Gasteiger partial charge in [0.25, 0.3) is 0 Å². The fourth-order valence-electron chi connectivity index (χ4n) is 5.84. The molecule has 45 heavy (non-hydrogen) atoms. The number of aromatic nitrogens is 4. The van der Waals surface area contributed by atoms with E-state index in [0.717, 1.165) is 72.4 Å². The lowest BCUT2D eigenvalue weighted by molar-refractivity contribution is 1.18. The molecule has 0 N–H and O–H groups in total. The molecular formula is C41H28N4. The van der Waals surface area contributed by atoms with Crippen LogP contribution >= 0.6 is 0 Å². The van der Waals surface area contributed by atoms with Crippen LogP contribution in [0.5, 0.6) is 0 Å². The predicted octanol–water partition coefficient (Wildman–Crippen LogP) is 10.2. The summed E-state index contributed by atoms with van der Waals surface area (Å²) in [6, 6.07) is 51.9. The smallest absolute Gasteiger partial charge is 0.160 e. The molecule has 4 nitrogen and oxygen atoms in total. The fourth-order valence-corrected chi connectivity index (χ4v) is 5.84. The second-order valence-corrected chi connectivity index (χ2v) is 11.2. The Kier molecular flexibility index (Phi) is 6.65. The maximum absolute atomic E-state index is 5.17. The summed E-state index contributed by atoms with van der Waals surface area (Å²) in [7, 11) is 0. The Morgan fingerprint density at radius 2 is 0.822 bits per heavy atom. The van der Waals surface area contributed by atoms with Gasteiger partial charge in [-0.15, -0.1) is 0 Å². The van der Waals surface area contributed by atoms with E-state index < -0.39 is 0 Å². The average molecular weight is 577 g/mol. The molecule has 0 unspecified atom stereocenters. The summed E-state index contributed by atoms with van der Waals surface area (Å²) in [6.45, 7) is 2.14. The molecule has 212 valence electrons. The van der Waals surface area contributed by atoms with E-state index >= 15 is 0 Å². The Morgan fingerprint density at radius 1 is 0.356 bits per heavy atom. The maximum atomic E-state index is 5.17. The Balaban J connectivity index is 1.20. The summed E-state index contributed by atoms with van der Waals surface area (Å²) < 4.78 is 0. The zero-order valence-electron chi connectivity index (χ0n) is 24.7. The highest BCUT2D eigenvalue weighted by molar-refractivity contribution is 6.05. The van der Waals surface area contributed by atoms with Crippen molar-refractivity contribution in [3.63, 3.8) is 0 Å². The first-order valence-corrected chi connectivity index (χ1v) is 15.1. The Hall–Kier alpha value is -6.00. The van der Waals surface area contributed by atoms with Crippen molar-refractivity contribution in [1.29, 1.82) is 0 Å². The first kappa shape index (κ1) is 26.6. The van der Waals surface area contributed by atoms with Crippen molar-refractivity contribution in [3.05, 3.63) is 157 Å². The Labute approximate surface area is 261 Å². The molecule has 0 amide bonds. The van der Waals surface area contributed by atoms with Gasteiger partial charge in [-0.05, 0) is 30.7 Å². The molecule has 0 aliphatic carbocycles. The van der Waals surface area contributed by atoms with Crippen LogP contribution in [-0.4, -0.2) is 19.9 Å². The molecule has 4 heteroatoms. The van der Waals surface area contributed by atoms with Gasteiger partial charge in [0, 0.05) is 38.6 Å². The molecule has 3 aromatic heterocycles. The summed E-state index contributed by atoms with van der Waals surface area (Å²) in [6.07, 6.45) is 0. The minimum atomic E-state index is 0.687. The first-order valence-electron chi connectivity index (χ1n) is 15.1. The molecule has 3 heterocycles. The molecule has 0 aliphatic heterocycles. The van der Waals surface area contributed by atoms with Crippen LogP contribution in [0.4, 0.5) is 0 Å². The van der Waals surface area contributed by atoms with Crippen LogP contribution in [0.15, 0.2) is 152 Å². The second-order valence-electron chi connectivity index (χ2n) is 11.2. The van der Waals surface area contributed by atoms with Crippen molar-refractivity contribution in [3.8, 4) is 56.4 Å². The third kappa shape index (κ3) is 5.13. The molecule has 0 saturated carbocycles. The number of nitrogens with zero attached hydrogens (tertiary/aromatic N) is 4. The van der Waals surface area contributed by atoms with Crippen molar-refractivity contribution < 1.29 is 0 Å². The van der Waals surface area contributed by atoms with E-state index in [1.54, 1.807) is 0 Å². The van der Waals surface area contributed by atoms with Gasteiger partial charge in [0.2, 0.25) is 0 Å². The zero-order chi connectivity index (χ0) is 30.2. The van der Waals surface area contributed by atoms with Crippen molar-refractivity contribution in [2.24, 2.45) is 0 Å². The van der Waals surface area contributed by atoms with Gasteiger partial charge in [-0.1, -0.05) is 133 Å². The molecule has 0 fully saturated rings. The van der Waals surface area contributed by atoms with Crippen LogP contribution in [-0.2, 0) is 0 Å². The van der Waals surface area contributed by atoms with E-state index in [-0.39, 0.29) is 0 Å². The molecule has 0 spiro atoms. The lowest BCUT2D eigenvalue weighted by Crippen LogP contribution is -1.96. The normalized spacial score (nSPS) is 11.2. The number of pyridine rings is 2. The number of rotatable bonds is 5. The molecule has 0 saturated heterocycles. The molecule has 0 aliphatic rings. The Morgan fingerprint density at radius 3 is 1.40 bits per heavy atom. The average Bonchev–Trinajstić information content (AvgIpc) is 3.12. The molecule has 0 bridgehead atoms. The monoisotopic (exact) mass is 576 g/mol. The number of aryl methyl sites for hydroxylation is 1. The van der Waals surface area contributed by atoms with E-state index in [0.29, 0.717) is 5.82 Å². The third-order valence-corrected chi connectivity index (χ3v) is 8.22. The molecule has 8 aromatic rings. The summed E-state index contributed by atoms with van der Waals surface area (Å²) >= 11 is 0. The van der Waals surface area contributed by atoms with Crippen LogP contribution in [0, 0.1) is 6.92 Å². The van der Waals surface area contributed by atoms with Crippen LogP contribution in [0.2, 0.25) is 0 Å². The SMILES string of the molecule is Cc1cc(-c2ccccc2)nc2c1ccc1ccc(-c3ccc(-c4nc(-c5ccccc5)cc(-c5ccccc5)n4)cc3)nc12. The van der Waals surface area contributed by atoms with Gasteiger partial charge in [-0.25, -0.2) is 19.9 Å². The first-order chi connectivity index (χ1) is 22.2. The summed E-state index contributed by atoms with van der Waals surface area (Å²) in [5, 5.41) is 2.19. The van der Waals surface area contributed by atoms with Gasteiger partial charge in [-0.2, -0.15) is 0 Å². The fraction of sp³-hybridized carbons (Fsp3) is 0.0244. The van der Waals surface area contributed by atoms with Gasteiger partial charge in [0.1, 0.15) is 0 Å². The highest BCUT2D eigenvalue weighted by Crippen LogP contribution is 2.32. The van der Waals surface area contributed by atoms with Gasteiger partial charge in [0.05, 0.1) is 33.8 Å². The zero-order valence-corrected chi connectivity index (χ0v) is 24.7. The van der Waals surface area contributed by atoms with Crippen LogP contribution in [0.25, 0.3) is 78.2 Å². The minimum absolute atomic E-state index is 0.687. The topological polar surface area (TPSA) is 51.6 Å². The lowest BCUT2D eigenvalue weighted by atomic mass is 10.0. The second kappa shape index (κ2) is 11.3. The molecule has 8 rings (SSSR count). The highest BCUT2D eigenvalue weighted by Gasteiger charge is 2.13. The minimum Gasteiger partial charge on any atom is -0.245 e. The van der Waals surface area contributed by atoms with Gasteiger partial charge >= 0.3 is 0 Å². The van der Waals surface area contributed by atoms with Gasteiger partial charge in [0.15, 0.2) is 5.82 Å². The molecule has 0 atom stereocenters. The summed E-state index contributed by atoms with van der Waals surface area (Å²) in [4.78, 5) is 20.2. The van der Waals surface area contributed by atoms with E-state index in [9.17, 15) is 0 Å². The highest BCUT2D eigenvalue weighted by atomic mass is 14.9. The molecule has 0 radical (unpaired) electrons. The molecule has 5 aromatic carbocycles. The predicted molar refractivity (Wildman–Crippen MR) is 185 cm³/mol. The quantitative estimate of drug-likeness (QED) is 0.191.